The fraction of sp³-hybridized carbons (Fsp3) is 0.118. The topological polar surface area (TPSA) is 38.3 Å². The van der Waals surface area contributed by atoms with E-state index in [1.165, 1.54) is 6.08 Å². The molecule has 0 saturated carbocycles. The molecule has 0 radical (unpaired) electrons. The lowest BCUT2D eigenvalue weighted by Gasteiger charge is -2.07. The Morgan fingerprint density at radius 3 is 2.68 bits per heavy atom. The minimum atomic E-state index is -0.218. The molecule has 0 aliphatic carbocycles. The average Bonchev–Trinajstić information content (AvgIpc) is 2.50. The Morgan fingerprint density at radius 1 is 1.27 bits per heavy atom. The number of carbonyl (C=O) groups excluding carboxylic acids is 1. The monoisotopic (exact) mass is 379 g/mol. The SMILES string of the molecule is CCOc1ccc(Br)cc1/C=C/C(=O)Nc1ccc(Cl)cc1. The molecule has 0 aliphatic rings. The first-order valence-electron chi connectivity index (χ1n) is 6.75. The van der Waals surface area contributed by atoms with Crippen LogP contribution < -0.4 is 10.1 Å². The van der Waals surface area contributed by atoms with E-state index in [-0.39, 0.29) is 5.91 Å². The van der Waals surface area contributed by atoms with Gasteiger partial charge in [0.1, 0.15) is 5.75 Å². The number of hydrogen-bond donors (Lipinski definition) is 1. The Hall–Kier alpha value is -1.78. The predicted octanol–water partition coefficient (Wildman–Crippen LogP) is 5.15. The van der Waals surface area contributed by atoms with Crippen molar-refractivity contribution in [3.8, 4) is 5.75 Å². The lowest BCUT2D eigenvalue weighted by Crippen LogP contribution is -2.07. The number of ether oxygens (including phenoxy) is 1. The van der Waals surface area contributed by atoms with E-state index in [9.17, 15) is 4.79 Å². The van der Waals surface area contributed by atoms with Crippen LogP contribution >= 0.6 is 27.5 Å². The molecule has 2 rings (SSSR count). The first kappa shape index (κ1) is 16.6. The summed E-state index contributed by atoms with van der Waals surface area (Å²) in [6.07, 6.45) is 3.19. The quantitative estimate of drug-likeness (QED) is 0.728. The Bertz CT molecular complexity index is 684. The van der Waals surface area contributed by atoms with Gasteiger partial charge in [0.05, 0.1) is 6.61 Å². The normalized spacial score (nSPS) is 10.7. The smallest absolute Gasteiger partial charge is 0.248 e. The van der Waals surface area contributed by atoms with Gasteiger partial charge in [0.2, 0.25) is 5.91 Å². The number of carbonyl (C=O) groups is 1. The number of anilines is 1. The van der Waals surface area contributed by atoms with Crippen molar-refractivity contribution < 1.29 is 9.53 Å². The molecule has 2 aromatic carbocycles. The third-order valence-corrected chi connectivity index (χ3v) is 3.54. The standard InChI is InChI=1S/C17H15BrClNO2/c1-2-22-16-9-4-13(18)11-12(16)3-10-17(21)20-15-7-5-14(19)6-8-15/h3-11H,2H2,1H3,(H,20,21)/b10-3+. The van der Waals surface area contributed by atoms with Crippen molar-refractivity contribution in [2.45, 2.75) is 6.92 Å². The maximum Gasteiger partial charge on any atom is 0.248 e. The van der Waals surface area contributed by atoms with Gasteiger partial charge in [-0.15, -0.1) is 0 Å². The van der Waals surface area contributed by atoms with Gasteiger partial charge in [-0.1, -0.05) is 27.5 Å². The summed E-state index contributed by atoms with van der Waals surface area (Å²) < 4.78 is 6.46. The van der Waals surface area contributed by atoms with Gasteiger partial charge in [0, 0.05) is 26.8 Å². The molecule has 3 nitrogen and oxygen atoms in total. The lowest BCUT2D eigenvalue weighted by molar-refractivity contribution is -0.111. The zero-order chi connectivity index (χ0) is 15.9. The third-order valence-electron chi connectivity index (χ3n) is 2.80. The summed E-state index contributed by atoms with van der Waals surface area (Å²) in [5, 5.41) is 3.40. The first-order chi connectivity index (χ1) is 10.6. The summed E-state index contributed by atoms with van der Waals surface area (Å²) in [5.41, 5.74) is 1.53. The fourth-order valence-electron chi connectivity index (χ4n) is 1.82. The maximum absolute atomic E-state index is 11.9. The van der Waals surface area contributed by atoms with E-state index in [1.54, 1.807) is 30.3 Å². The van der Waals surface area contributed by atoms with Crippen molar-refractivity contribution in [1.82, 2.24) is 0 Å². The number of amides is 1. The molecular formula is C17H15BrClNO2. The first-order valence-corrected chi connectivity index (χ1v) is 7.92. The van der Waals surface area contributed by atoms with Crippen LogP contribution in [-0.2, 0) is 4.79 Å². The van der Waals surface area contributed by atoms with Crippen molar-refractivity contribution in [3.63, 3.8) is 0 Å². The largest absolute Gasteiger partial charge is 0.493 e. The summed E-state index contributed by atoms with van der Waals surface area (Å²) in [7, 11) is 0. The molecule has 5 heteroatoms. The van der Waals surface area contributed by atoms with Crippen molar-refractivity contribution in [2.75, 3.05) is 11.9 Å². The molecule has 0 fully saturated rings. The predicted molar refractivity (Wildman–Crippen MR) is 94.4 cm³/mol. The van der Waals surface area contributed by atoms with Crippen LogP contribution in [0.1, 0.15) is 12.5 Å². The van der Waals surface area contributed by atoms with E-state index in [4.69, 9.17) is 16.3 Å². The molecule has 0 unspecified atom stereocenters. The molecular weight excluding hydrogens is 366 g/mol. The molecule has 0 saturated heterocycles. The highest BCUT2D eigenvalue weighted by molar-refractivity contribution is 9.10. The van der Waals surface area contributed by atoms with Gasteiger partial charge in [0.25, 0.3) is 0 Å². The molecule has 22 heavy (non-hydrogen) atoms. The highest BCUT2D eigenvalue weighted by atomic mass is 79.9. The summed E-state index contributed by atoms with van der Waals surface area (Å²) in [4.78, 5) is 11.9. The zero-order valence-corrected chi connectivity index (χ0v) is 14.3. The second-order valence-corrected chi connectivity index (χ2v) is 5.80. The summed E-state index contributed by atoms with van der Waals surface area (Å²) in [6, 6.07) is 12.6. The Labute approximate surface area is 143 Å². The van der Waals surface area contributed by atoms with Crippen LogP contribution in [0.15, 0.2) is 53.0 Å². The van der Waals surface area contributed by atoms with E-state index in [2.05, 4.69) is 21.2 Å². The molecule has 0 aromatic heterocycles. The second kappa shape index (κ2) is 8.01. The second-order valence-electron chi connectivity index (χ2n) is 4.44. The maximum atomic E-state index is 11.9. The van der Waals surface area contributed by atoms with Crippen LogP contribution in [0, 0.1) is 0 Å². The number of halogens is 2. The Morgan fingerprint density at radius 2 is 2.00 bits per heavy atom. The van der Waals surface area contributed by atoms with Gasteiger partial charge in [0.15, 0.2) is 0 Å². The van der Waals surface area contributed by atoms with Gasteiger partial charge in [-0.05, 0) is 55.5 Å². The minimum Gasteiger partial charge on any atom is -0.493 e. The van der Waals surface area contributed by atoms with Crippen molar-refractivity contribution in [1.29, 1.82) is 0 Å². The molecule has 0 heterocycles. The summed E-state index contributed by atoms with van der Waals surface area (Å²) >= 11 is 9.22. The van der Waals surface area contributed by atoms with E-state index in [0.29, 0.717) is 17.3 Å². The molecule has 1 amide bonds. The molecule has 1 N–H and O–H groups in total. The molecule has 0 aliphatic heterocycles. The van der Waals surface area contributed by atoms with Crippen LogP contribution in [0.2, 0.25) is 5.02 Å². The van der Waals surface area contributed by atoms with Gasteiger partial charge < -0.3 is 10.1 Å². The van der Waals surface area contributed by atoms with E-state index >= 15 is 0 Å². The van der Waals surface area contributed by atoms with E-state index in [1.807, 2.05) is 25.1 Å². The highest BCUT2D eigenvalue weighted by Gasteiger charge is 2.03. The van der Waals surface area contributed by atoms with Gasteiger partial charge in [-0.3, -0.25) is 4.79 Å². The molecule has 114 valence electrons. The fourth-order valence-corrected chi connectivity index (χ4v) is 2.32. The Balaban J connectivity index is 2.09. The number of hydrogen-bond acceptors (Lipinski definition) is 2. The third kappa shape index (κ3) is 4.90. The van der Waals surface area contributed by atoms with Crippen molar-refractivity contribution >= 4 is 45.2 Å². The van der Waals surface area contributed by atoms with E-state index in [0.717, 1.165) is 15.8 Å². The van der Waals surface area contributed by atoms with E-state index < -0.39 is 0 Å². The Kier molecular flexibility index (Phi) is 6.04. The lowest BCUT2D eigenvalue weighted by atomic mass is 10.2. The van der Waals surface area contributed by atoms with Crippen LogP contribution in [0.5, 0.6) is 5.75 Å². The van der Waals surface area contributed by atoms with Crippen molar-refractivity contribution in [2.24, 2.45) is 0 Å². The average molecular weight is 381 g/mol. The number of nitrogens with one attached hydrogen (secondary N) is 1. The van der Waals surface area contributed by atoms with Crippen LogP contribution in [0.4, 0.5) is 5.69 Å². The minimum absolute atomic E-state index is 0.218. The highest BCUT2D eigenvalue weighted by Crippen LogP contribution is 2.24. The summed E-state index contributed by atoms with van der Waals surface area (Å²) in [6.45, 7) is 2.49. The van der Waals surface area contributed by atoms with Crippen LogP contribution in [0.3, 0.4) is 0 Å². The van der Waals surface area contributed by atoms with Gasteiger partial charge in [-0.25, -0.2) is 0 Å². The van der Waals surface area contributed by atoms with Crippen molar-refractivity contribution in [3.05, 3.63) is 63.6 Å². The molecule has 0 atom stereocenters. The van der Waals surface area contributed by atoms with Gasteiger partial charge in [-0.2, -0.15) is 0 Å². The zero-order valence-electron chi connectivity index (χ0n) is 12.0. The molecule has 0 bridgehead atoms. The van der Waals surface area contributed by atoms with Gasteiger partial charge >= 0.3 is 0 Å². The summed E-state index contributed by atoms with van der Waals surface area (Å²) in [5.74, 6) is 0.519. The van der Waals surface area contributed by atoms with Crippen LogP contribution in [-0.4, -0.2) is 12.5 Å². The van der Waals surface area contributed by atoms with Crippen LogP contribution in [0.25, 0.3) is 6.08 Å². The molecule has 0 spiro atoms. The number of rotatable bonds is 5. The molecule has 2 aromatic rings. The number of benzene rings is 2.